The van der Waals surface area contributed by atoms with E-state index in [1.165, 1.54) is 17.7 Å². The molecular weight excluding hydrogens is 2250 g/mol. The first kappa shape index (κ1) is 69.1. The summed E-state index contributed by atoms with van der Waals surface area (Å²) in [5.41, 5.74) is 12.8. The average molecular weight is 2380 g/mol. The van der Waals surface area contributed by atoms with Crippen LogP contribution in [0.2, 0.25) is 98.2 Å². The van der Waals surface area contributed by atoms with Crippen molar-refractivity contribution in [2.24, 2.45) is 11.8 Å². The van der Waals surface area contributed by atoms with Crippen LogP contribution in [-0.2, 0) is 113 Å². The van der Waals surface area contributed by atoms with Gasteiger partial charge < -0.3 is 24.9 Å². The van der Waals surface area contributed by atoms with E-state index < -0.39 is 85.0 Å². The molecule has 3 atom stereocenters. The van der Waals surface area contributed by atoms with Gasteiger partial charge in [0, 0.05) is 155 Å². The van der Waals surface area contributed by atoms with Crippen molar-refractivity contribution in [3.05, 3.63) is 265 Å². The summed E-state index contributed by atoms with van der Waals surface area (Å²) >= 11 is 0. The molecule has 0 bridgehead atoms. The maximum atomic E-state index is 8.79. The molecule has 0 saturated carbocycles. The molecule has 11 rings (SSSR count). The Morgan fingerprint density at radius 2 is 0.819 bits per heavy atom. The Morgan fingerprint density at radius 3 is 1.20 bits per heavy atom. The van der Waals surface area contributed by atoms with Crippen LogP contribution in [0.1, 0.15) is 99.7 Å². The Morgan fingerprint density at radius 1 is 0.438 bits per heavy atom. The van der Waals surface area contributed by atoms with Gasteiger partial charge in [-0.05, 0) is 109 Å². The van der Waals surface area contributed by atoms with Crippen molar-refractivity contribution in [2.45, 2.75) is 165 Å². The molecule has 563 valence electrons. The number of rotatable bonds is 16. The van der Waals surface area contributed by atoms with Gasteiger partial charge in [-0.3, -0.25) is 0 Å². The van der Waals surface area contributed by atoms with Gasteiger partial charge in [0.1, 0.15) is 0 Å². The van der Waals surface area contributed by atoms with Gasteiger partial charge in [0.25, 0.3) is 0 Å². The molecule has 105 heavy (non-hydrogen) atoms. The monoisotopic (exact) mass is 2380 g/mol. The van der Waals surface area contributed by atoms with Crippen LogP contribution in [0, 0.1) is 60.4 Å². The van der Waals surface area contributed by atoms with Crippen molar-refractivity contribution in [1.82, 2.24) is 24.9 Å². The van der Waals surface area contributed by atoms with E-state index >= 15 is 0 Å². The smallest absolute Gasteiger partial charge is 0.0803 e. The predicted molar refractivity (Wildman–Crippen MR) is 444 cm³/mol. The van der Waals surface area contributed by atoms with E-state index in [0.29, 0.717) is 28.1 Å². The number of benzene rings is 6. The molecule has 0 spiro atoms. The van der Waals surface area contributed by atoms with E-state index in [0.717, 1.165) is 78.1 Å². The second kappa shape index (κ2) is 43.9. The molecule has 16 heteroatoms. The third-order valence-electron chi connectivity index (χ3n) is 16.1. The quantitative estimate of drug-likeness (QED) is 0.0707. The van der Waals surface area contributed by atoms with E-state index in [4.69, 9.17) is 29.9 Å². The summed E-state index contributed by atoms with van der Waals surface area (Å²) < 4.78 is 144. The van der Waals surface area contributed by atoms with E-state index in [1.807, 2.05) is 128 Å². The Balaban J connectivity index is 0.000000518. The van der Waals surface area contributed by atoms with Gasteiger partial charge in [0.15, 0.2) is 0 Å². The van der Waals surface area contributed by atoms with E-state index in [1.54, 1.807) is 49.6 Å². The first-order valence-electron chi connectivity index (χ1n) is 42.6. The average Bonchev–Trinajstić information content (AvgIpc) is 0.725. The fraction of sp³-hybridized carbons (Fsp3) is 0.303. The maximum Gasteiger partial charge on any atom is 0.0803 e. The number of nitrogens with zero attached hydrogens (tertiary/aromatic N) is 6. The molecule has 0 aliphatic rings. The number of hydrogen-bond donors (Lipinski definition) is 0. The Bertz CT molecular complexity index is 5300. The van der Waals surface area contributed by atoms with Gasteiger partial charge >= 0.3 is 0 Å². The SMILES string of the molecule is Cc1cc(-c2[c-]cc(C#N)cc2)ncc1[Si](C)(C)C.[2H]C([2H])([2H])C(C)c1cc(-c2[c-]cccc2)ncc1[Si](C)(C)C.[2H]C([2H])([2H])C([2H])(C)C([2H])([2H])c1cc(-c2[c-]cccc2)ncc1[Si](C)(C)C.[2H]C([2H])([2H])C([2H])(C)Cc1cc(-c2[c-]cccc2)ncc1[Si](C)(C)C.[2H]c1c([2H])c([2H])c(-c2cc(-c3[c-]cccc3)ncc2[Si](C)(C)C)c([2H])c1[2H].[Ir].[Ir].[Ir].[Ir].[Ir]. The minimum Gasteiger partial charge on any atom is -0.305 e. The molecule has 0 fully saturated rings. The molecule has 0 amide bonds. The first-order chi connectivity index (χ1) is 54.3. The van der Waals surface area contributed by atoms with Gasteiger partial charge in [-0.2, -0.15) is 0 Å². The van der Waals surface area contributed by atoms with Crippen molar-refractivity contribution in [1.29, 1.82) is 5.26 Å². The largest absolute Gasteiger partial charge is 0.305 e. The minimum absolute atomic E-state index is 0. The zero-order valence-electron chi connectivity index (χ0n) is 81.4. The van der Waals surface area contributed by atoms with Crippen molar-refractivity contribution >= 4 is 66.3 Å². The molecule has 3 unspecified atom stereocenters. The van der Waals surface area contributed by atoms with Crippen LogP contribution >= 0.6 is 0 Å². The number of aryl methyl sites for hydroxylation is 1. The first-order valence-corrected chi connectivity index (χ1v) is 51.1. The van der Waals surface area contributed by atoms with Crippen LogP contribution in [0.3, 0.4) is 0 Å². The molecule has 6 nitrogen and oxygen atoms in total. The van der Waals surface area contributed by atoms with Gasteiger partial charge in [0.05, 0.1) is 47.2 Å². The summed E-state index contributed by atoms with van der Waals surface area (Å²) in [6.45, 7) is 32.3. The second-order valence-corrected chi connectivity index (χ2v) is 55.1. The second-order valence-electron chi connectivity index (χ2n) is 29.9. The van der Waals surface area contributed by atoms with E-state index in [2.05, 4.69) is 173 Å². The van der Waals surface area contributed by atoms with Crippen molar-refractivity contribution in [3.8, 4) is 73.5 Å². The van der Waals surface area contributed by atoms with Crippen molar-refractivity contribution in [2.75, 3.05) is 0 Å². The van der Waals surface area contributed by atoms with Gasteiger partial charge in [-0.1, -0.05) is 222 Å². The summed E-state index contributed by atoms with van der Waals surface area (Å²) in [6.07, 6.45) is 6.99. The van der Waals surface area contributed by atoms with Crippen LogP contribution < -0.4 is 25.9 Å². The fourth-order valence-electron chi connectivity index (χ4n) is 11.0. The fourth-order valence-corrected chi connectivity index (χ4v) is 18.7. The normalized spacial score (nSPS) is 15.4. The van der Waals surface area contributed by atoms with Crippen LogP contribution in [0.25, 0.3) is 67.4 Å². The van der Waals surface area contributed by atoms with Crippen LogP contribution in [0.5, 0.6) is 0 Å². The third kappa shape index (κ3) is 29.3. The van der Waals surface area contributed by atoms with Gasteiger partial charge in [-0.25, -0.2) is 5.26 Å². The minimum atomic E-state index is -2.77. The maximum absolute atomic E-state index is 8.79. The molecule has 0 aliphatic heterocycles. The summed E-state index contributed by atoms with van der Waals surface area (Å²) in [6, 6.07) is 61.1. The molecule has 11 aromatic rings. The van der Waals surface area contributed by atoms with E-state index in [-0.39, 0.29) is 148 Å². The Kier molecular flexibility index (Phi) is 28.9. The molecular formula is C89H107Ir5N6Si5-5. The Hall–Kier alpha value is -5.11. The van der Waals surface area contributed by atoms with Crippen molar-refractivity contribution < 1.29 is 125 Å². The van der Waals surface area contributed by atoms with Crippen LogP contribution in [0.15, 0.2) is 207 Å². The predicted octanol–water partition coefficient (Wildman–Crippen LogP) is 20.8. The summed E-state index contributed by atoms with van der Waals surface area (Å²) in [4.78, 5) is 22.7. The zero-order chi connectivity index (χ0) is 88.7. The molecule has 0 N–H and O–H groups in total. The number of hydrogen-bond acceptors (Lipinski definition) is 6. The molecule has 0 aliphatic carbocycles. The third-order valence-corrected chi connectivity index (χ3v) is 26.3. The molecule has 5 aromatic heterocycles. The number of aromatic nitrogens is 5. The Labute approximate surface area is 730 Å². The van der Waals surface area contributed by atoms with Gasteiger partial charge in [-0.15, -0.1) is 173 Å². The van der Waals surface area contributed by atoms with Crippen LogP contribution in [0.4, 0.5) is 0 Å². The molecule has 5 heterocycles. The number of nitriles is 1. The van der Waals surface area contributed by atoms with E-state index in [9.17, 15) is 0 Å². The van der Waals surface area contributed by atoms with Gasteiger partial charge in [0.2, 0.25) is 0 Å². The van der Waals surface area contributed by atoms with Crippen molar-refractivity contribution in [3.63, 3.8) is 0 Å². The topological polar surface area (TPSA) is 88.2 Å². The summed E-state index contributed by atoms with van der Waals surface area (Å²) in [5.74, 6) is -4.33. The standard InChI is InChI=1S/C20H20NSi.2C18H24NSi.C17H22NSi.C16H17N2Si.5Ir/c1-22(2,3)20-15-21-19(17-12-8-5-9-13-17)14-18(20)16-10-6-4-7-11-16;2*1-14(2)11-16-12-17(15-9-7-6-8-10-15)19-13-18(16)20(3,4)5;1-13(2)15-11-16(14-9-7-6-8-10-14)18-12-17(15)19(3,4)5;1-12-9-15(18-11-16(12)19(2,3)4)14-7-5-13(10-17)6-8-14;;;;;/h4-12,14-15H,1-3H3;2*6-9,12-14H,11H2,1-5H3;6-9,11-13H,1-5H3;5-7,9,11H,1-4H3;;;;;/q5*-1;;;;;/i4D,6D,7D,10D,11D;1D3,11D2,14D;1D3,14D;1D3;;;;;;. The zero-order valence-corrected chi connectivity index (χ0v) is 80.4. The molecule has 0 saturated heterocycles. The summed E-state index contributed by atoms with van der Waals surface area (Å²) in [5, 5.41) is 14.1. The molecule has 6 aromatic carbocycles. The summed E-state index contributed by atoms with van der Waals surface area (Å²) in [7, 11) is -8.62. The molecule has 5 radical (unpaired) electrons. The van der Waals surface area contributed by atoms with Crippen LogP contribution in [-0.4, -0.2) is 65.3 Å². The number of pyridine rings is 5.